The van der Waals surface area contributed by atoms with Crippen LogP contribution in [0.2, 0.25) is 0 Å². The Morgan fingerprint density at radius 3 is 2.33 bits per heavy atom. The number of rotatable bonds is 6. The monoisotopic (exact) mass is 363 g/mol. The van der Waals surface area contributed by atoms with Crippen molar-refractivity contribution in [2.24, 2.45) is 5.41 Å². The fourth-order valence-corrected chi connectivity index (χ4v) is 3.12. The number of hydrogen-bond donors (Lipinski definition) is 2. The van der Waals surface area contributed by atoms with Gasteiger partial charge in [0.25, 0.3) is 0 Å². The van der Waals surface area contributed by atoms with Crippen molar-refractivity contribution in [1.29, 1.82) is 0 Å². The van der Waals surface area contributed by atoms with Crippen LogP contribution in [-0.2, 0) is 11.2 Å². The lowest BCUT2D eigenvalue weighted by Crippen LogP contribution is -2.27. The van der Waals surface area contributed by atoms with Gasteiger partial charge in [0.1, 0.15) is 0 Å². The summed E-state index contributed by atoms with van der Waals surface area (Å²) in [5.41, 5.74) is 4.40. The van der Waals surface area contributed by atoms with Crippen molar-refractivity contribution in [2.75, 3.05) is 5.32 Å². The average Bonchev–Trinajstić information content (AvgIpc) is 3.07. The van der Waals surface area contributed by atoms with Gasteiger partial charge in [-0.25, -0.2) is 4.68 Å². The number of aryl methyl sites for hydroxylation is 2. The fourth-order valence-electron chi connectivity index (χ4n) is 3.12. The number of hydrogen-bond acceptors (Lipinski definition) is 3. The lowest BCUT2D eigenvalue weighted by molar-refractivity contribution is -0.146. The summed E-state index contributed by atoms with van der Waals surface area (Å²) < 4.78 is 1.83. The van der Waals surface area contributed by atoms with Gasteiger partial charge in [-0.3, -0.25) is 4.79 Å². The standard InChI is InChI=1S/C22H25N3O2/c1-15-12-17(13-16(2)19(15)14-22(3,4)21(26)27)23-20-10-11-25(24-20)18-8-6-5-7-9-18/h5-13H,14H2,1-4H3,(H,23,24)(H,26,27). The van der Waals surface area contributed by atoms with Gasteiger partial charge >= 0.3 is 5.97 Å². The summed E-state index contributed by atoms with van der Waals surface area (Å²) in [5, 5.41) is 17.3. The van der Waals surface area contributed by atoms with E-state index in [0.29, 0.717) is 6.42 Å². The van der Waals surface area contributed by atoms with Crippen LogP contribution in [0.1, 0.15) is 30.5 Å². The molecule has 2 aromatic carbocycles. The van der Waals surface area contributed by atoms with Crippen molar-refractivity contribution in [3.63, 3.8) is 0 Å². The first kappa shape index (κ1) is 18.7. The molecule has 5 heteroatoms. The molecule has 27 heavy (non-hydrogen) atoms. The van der Waals surface area contributed by atoms with Gasteiger partial charge in [0.2, 0.25) is 0 Å². The zero-order chi connectivity index (χ0) is 19.6. The molecule has 140 valence electrons. The Balaban J connectivity index is 1.81. The summed E-state index contributed by atoms with van der Waals surface area (Å²) >= 11 is 0. The molecule has 3 aromatic rings. The third-order valence-electron chi connectivity index (χ3n) is 4.78. The highest BCUT2D eigenvalue weighted by molar-refractivity contribution is 5.74. The van der Waals surface area contributed by atoms with Crippen LogP contribution in [0.25, 0.3) is 5.69 Å². The zero-order valence-corrected chi connectivity index (χ0v) is 16.2. The number of carboxylic acids is 1. The van der Waals surface area contributed by atoms with Crippen molar-refractivity contribution < 1.29 is 9.90 Å². The summed E-state index contributed by atoms with van der Waals surface area (Å²) in [5.74, 6) is -0.0220. The minimum atomic E-state index is -0.793. The van der Waals surface area contributed by atoms with E-state index in [9.17, 15) is 9.90 Å². The second kappa shape index (κ2) is 7.27. The van der Waals surface area contributed by atoms with Gasteiger partial charge in [0.15, 0.2) is 5.82 Å². The van der Waals surface area contributed by atoms with E-state index in [2.05, 4.69) is 10.4 Å². The number of nitrogens with zero attached hydrogens (tertiary/aromatic N) is 2. The maximum Gasteiger partial charge on any atom is 0.309 e. The third kappa shape index (κ3) is 4.19. The van der Waals surface area contributed by atoms with Gasteiger partial charge in [-0.05, 0) is 75.1 Å². The molecule has 0 unspecified atom stereocenters. The van der Waals surface area contributed by atoms with Gasteiger partial charge in [-0.1, -0.05) is 18.2 Å². The molecule has 0 radical (unpaired) electrons. The number of nitrogens with one attached hydrogen (secondary N) is 1. The Bertz CT molecular complexity index is 936. The fraction of sp³-hybridized carbons (Fsp3) is 0.273. The van der Waals surface area contributed by atoms with Crippen molar-refractivity contribution in [2.45, 2.75) is 34.1 Å². The molecule has 0 aliphatic carbocycles. The molecule has 0 aliphatic rings. The minimum absolute atomic E-state index is 0.503. The number of benzene rings is 2. The van der Waals surface area contributed by atoms with Crippen LogP contribution in [0.3, 0.4) is 0 Å². The molecule has 5 nitrogen and oxygen atoms in total. The van der Waals surface area contributed by atoms with Gasteiger partial charge < -0.3 is 10.4 Å². The second-order valence-corrected chi connectivity index (χ2v) is 7.56. The smallest absolute Gasteiger partial charge is 0.309 e. The molecule has 0 atom stereocenters. The Morgan fingerprint density at radius 1 is 1.11 bits per heavy atom. The van der Waals surface area contributed by atoms with E-state index in [4.69, 9.17) is 0 Å². The van der Waals surface area contributed by atoms with Crippen LogP contribution < -0.4 is 5.32 Å². The summed E-state index contributed by atoms with van der Waals surface area (Å²) in [7, 11) is 0. The van der Waals surface area contributed by atoms with Crippen LogP contribution >= 0.6 is 0 Å². The van der Waals surface area contributed by atoms with E-state index in [-0.39, 0.29) is 0 Å². The molecule has 0 saturated heterocycles. The van der Waals surface area contributed by atoms with Gasteiger partial charge in [-0.15, -0.1) is 0 Å². The van der Waals surface area contributed by atoms with E-state index in [0.717, 1.165) is 33.9 Å². The molecular weight excluding hydrogens is 338 g/mol. The molecule has 1 aromatic heterocycles. The van der Waals surface area contributed by atoms with Crippen LogP contribution in [0.15, 0.2) is 54.7 Å². The molecular formula is C22H25N3O2. The summed E-state index contributed by atoms with van der Waals surface area (Å²) in [6.07, 6.45) is 2.42. The molecule has 2 N–H and O–H groups in total. The summed E-state index contributed by atoms with van der Waals surface area (Å²) in [6, 6.07) is 16.0. The number of anilines is 2. The van der Waals surface area contributed by atoms with Crippen molar-refractivity contribution >= 4 is 17.5 Å². The van der Waals surface area contributed by atoms with E-state index >= 15 is 0 Å². The number of para-hydroxylation sites is 1. The maximum atomic E-state index is 11.5. The number of carbonyl (C=O) groups is 1. The molecule has 0 spiro atoms. The van der Waals surface area contributed by atoms with E-state index in [1.165, 1.54) is 0 Å². The first-order valence-corrected chi connectivity index (χ1v) is 8.98. The predicted molar refractivity (Wildman–Crippen MR) is 108 cm³/mol. The molecule has 0 saturated carbocycles. The van der Waals surface area contributed by atoms with E-state index < -0.39 is 11.4 Å². The zero-order valence-electron chi connectivity index (χ0n) is 16.2. The van der Waals surface area contributed by atoms with Crippen molar-refractivity contribution in [3.8, 4) is 5.69 Å². The normalized spacial score (nSPS) is 11.4. The largest absolute Gasteiger partial charge is 0.481 e. The highest BCUT2D eigenvalue weighted by Crippen LogP contribution is 2.29. The molecule has 3 rings (SSSR count). The Morgan fingerprint density at radius 2 is 1.74 bits per heavy atom. The minimum Gasteiger partial charge on any atom is -0.481 e. The number of carboxylic acid groups (broad SMARTS) is 1. The van der Waals surface area contributed by atoms with E-state index in [1.54, 1.807) is 13.8 Å². The Hall–Kier alpha value is -3.08. The quantitative estimate of drug-likeness (QED) is 0.654. The predicted octanol–water partition coefficient (Wildman–Crippen LogP) is 4.89. The Kier molecular flexibility index (Phi) is 5.04. The summed E-state index contributed by atoms with van der Waals surface area (Å²) in [6.45, 7) is 7.56. The van der Waals surface area contributed by atoms with Crippen LogP contribution in [0, 0.1) is 19.3 Å². The van der Waals surface area contributed by atoms with Crippen molar-refractivity contribution in [3.05, 3.63) is 71.4 Å². The highest BCUT2D eigenvalue weighted by Gasteiger charge is 2.28. The lowest BCUT2D eigenvalue weighted by atomic mass is 9.82. The van der Waals surface area contributed by atoms with Gasteiger partial charge in [-0.2, -0.15) is 5.10 Å². The highest BCUT2D eigenvalue weighted by atomic mass is 16.4. The molecule has 1 heterocycles. The molecule has 0 bridgehead atoms. The maximum absolute atomic E-state index is 11.5. The molecule has 0 amide bonds. The number of aliphatic carboxylic acids is 1. The first-order valence-electron chi connectivity index (χ1n) is 8.98. The first-order chi connectivity index (χ1) is 12.8. The van der Waals surface area contributed by atoms with Crippen LogP contribution in [-0.4, -0.2) is 20.9 Å². The van der Waals surface area contributed by atoms with Crippen LogP contribution in [0.5, 0.6) is 0 Å². The second-order valence-electron chi connectivity index (χ2n) is 7.56. The summed E-state index contributed by atoms with van der Waals surface area (Å²) in [4.78, 5) is 11.5. The van der Waals surface area contributed by atoms with E-state index in [1.807, 2.05) is 73.3 Å². The molecule has 0 fully saturated rings. The average molecular weight is 363 g/mol. The van der Waals surface area contributed by atoms with Crippen molar-refractivity contribution in [1.82, 2.24) is 9.78 Å². The Labute approximate surface area is 159 Å². The van der Waals surface area contributed by atoms with Gasteiger partial charge in [0, 0.05) is 18.0 Å². The van der Waals surface area contributed by atoms with Gasteiger partial charge in [0.05, 0.1) is 11.1 Å². The number of aromatic nitrogens is 2. The molecule has 0 aliphatic heterocycles. The SMILES string of the molecule is Cc1cc(Nc2ccn(-c3ccccc3)n2)cc(C)c1CC(C)(C)C(=O)O. The third-order valence-corrected chi connectivity index (χ3v) is 4.78. The lowest BCUT2D eigenvalue weighted by Gasteiger charge is -2.22. The van der Waals surface area contributed by atoms with Crippen LogP contribution in [0.4, 0.5) is 11.5 Å². The topological polar surface area (TPSA) is 67.2 Å².